The first-order chi connectivity index (χ1) is 7.77. The third-order valence-corrected chi connectivity index (χ3v) is 2.15. The van der Waals surface area contributed by atoms with Gasteiger partial charge in [0.15, 0.2) is 0 Å². The van der Waals surface area contributed by atoms with E-state index in [1.165, 1.54) is 11.8 Å². The molecule has 0 N–H and O–H groups in total. The molecule has 0 spiro atoms. The molecule has 0 aromatic rings. The summed E-state index contributed by atoms with van der Waals surface area (Å²) in [5.74, 6) is 0. The van der Waals surface area contributed by atoms with Gasteiger partial charge in [-0.3, -0.25) is 4.99 Å². The van der Waals surface area contributed by atoms with Crippen LogP contribution in [0.1, 0.15) is 13.3 Å². The van der Waals surface area contributed by atoms with Gasteiger partial charge in [0.2, 0.25) is 0 Å². The van der Waals surface area contributed by atoms with Crippen LogP contribution in [0.4, 0.5) is 0 Å². The molecule has 0 bridgehead atoms. The van der Waals surface area contributed by atoms with E-state index in [2.05, 4.69) is 18.2 Å². The van der Waals surface area contributed by atoms with Gasteiger partial charge in [-0.25, -0.2) is 0 Å². The monoisotopic (exact) mass is 218 g/mol. The summed E-state index contributed by atoms with van der Waals surface area (Å²) < 4.78 is 5.16. The summed E-state index contributed by atoms with van der Waals surface area (Å²) in [6, 6.07) is 0. The van der Waals surface area contributed by atoms with Crippen LogP contribution >= 0.6 is 0 Å². The number of rotatable bonds is 5. The molecule has 0 saturated carbocycles. The fraction of sp³-hybridized carbons (Fsp3) is 0.308. The van der Waals surface area contributed by atoms with E-state index < -0.39 is 0 Å². The van der Waals surface area contributed by atoms with Crippen LogP contribution in [-0.2, 0) is 4.74 Å². The third-order valence-electron chi connectivity index (χ3n) is 2.15. The molecule has 3 heteroatoms. The smallest absolute Gasteiger partial charge is 0.109 e. The highest BCUT2D eigenvalue weighted by Crippen LogP contribution is 2.17. The molecule has 86 valence electrons. The summed E-state index contributed by atoms with van der Waals surface area (Å²) in [6.45, 7) is 10.9. The van der Waals surface area contributed by atoms with Gasteiger partial charge in [0, 0.05) is 24.9 Å². The Labute approximate surface area is 97.1 Å². The van der Waals surface area contributed by atoms with Crippen molar-refractivity contribution in [2.24, 2.45) is 4.99 Å². The zero-order valence-corrected chi connectivity index (χ0v) is 9.72. The predicted molar refractivity (Wildman–Crippen MR) is 68.0 cm³/mol. The molecule has 0 atom stereocenters. The van der Waals surface area contributed by atoms with Gasteiger partial charge in [0.1, 0.15) is 6.61 Å². The van der Waals surface area contributed by atoms with Crippen molar-refractivity contribution in [3.05, 3.63) is 49.0 Å². The third kappa shape index (κ3) is 3.77. The van der Waals surface area contributed by atoms with Crippen molar-refractivity contribution >= 4 is 6.34 Å². The second-order valence-corrected chi connectivity index (χ2v) is 3.41. The van der Waals surface area contributed by atoms with Crippen molar-refractivity contribution in [2.45, 2.75) is 13.3 Å². The van der Waals surface area contributed by atoms with Gasteiger partial charge >= 0.3 is 0 Å². The minimum Gasteiger partial charge on any atom is -0.497 e. The van der Waals surface area contributed by atoms with Crippen molar-refractivity contribution in [1.82, 2.24) is 4.90 Å². The van der Waals surface area contributed by atoms with Crippen LogP contribution in [0.15, 0.2) is 54.0 Å². The second kappa shape index (κ2) is 6.67. The highest BCUT2D eigenvalue weighted by Gasteiger charge is 2.08. The van der Waals surface area contributed by atoms with Gasteiger partial charge in [-0.15, -0.1) is 0 Å². The number of hydrogen-bond donors (Lipinski definition) is 0. The average molecular weight is 218 g/mol. The van der Waals surface area contributed by atoms with Crippen LogP contribution in [0, 0.1) is 0 Å². The molecule has 0 fully saturated rings. The summed E-state index contributed by atoms with van der Waals surface area (Å²) >= 11 is 0. The van der Waals surface area contributed by atoms with Gasteiger partial charge < -0.3 is 9.64 Å². The van der Waals surface area contributed by atoms with Gasteiger partial charge in [-0.05, 0) is 18.6 Å². The molecule has 0 aliphatic carbocycles. The number of allylic oxidation sites excluding steroid dienone is 3. The lowest BCUT2D eigenvalue weighted by atomic mass is 10.1. The van der Waals surface area contributed by atoms with Crippen LogP contribution in [0.25, 0.3) is 0 Å². The molecule has 0 aromatic carbocycles. The molecule has 1 aliphatic heterocycles. The Balaban J connectivity index is 2.61. The van der Waals surface area contributed by atoms with E-state index in [0.717, 1.165) is 18.7 Å². The fourth-order valence-electron chi connectivity index (χ4n) is 1.34. The second-order valence-electron chi connectivity index (χ2n) is 3.41. The van der Waals surface area contributed by atoms with E-state index in [1.54, 1.807) is 6.34 Å². The van der Waals surface area contributed by atoms with Crippen molar-refractivity contribution in [1.29, 1.82) is 0 Å². The summed E-state index contributed by atoms with van der Waals surface area (Å²) in [5, 5.41) is 0. The van der Waals surface area contributed by atoms with Crippen LogP contribution in [-0.4, -0.2) is 24.4 Å². The summed E-state index contributed by atoms with van der Waals surface area (Å²) in [4.78, 5) is 6.12. The van der Waals surface area contributed by atoms with E-state index in [0.29, 0.717) is 6.61 Å². The van der Waals surface area contributed by atoms with Crippen molar-refractivity contribution in [3.8, 4) is 0 Å². The Hall–Kier alpha value is -1.77. The maximum Gasteiger partial charge on any atom is 0.109 e. The van der Waals surface area contributed by atoms with Crippen molar-refractivity contribution in [2.75, 3.05) is 13.2 Å². The molecule has 0 aromatic heterocycles. The molecule has 0 amide bonds. The van der Waals surface area contributed by atoms with E-state index >= 15 is 0 Å². The van der Waals surface area contributed by atoms with Gasteiger partial charge in [0.05, 0.1) is 12.6 Å². The molecule has 1 heterocycles. The largest absolute Gasteiger partial charge is 0.497 e. The Morgan fingerprint density at radius 1 is 1.62 bits per heavy atom. The lowest BCUT2D eigenvalue weighted by Crippen LogP contribution is -2.13. The first-order valence-electron chi connectivity index (χ1n) is 5.32. The van der Waals surface area contributed by atoms with E-state index in [9.17, 15) is 0 Å². The molecule has 0 radical (unpaired) electrons. The lowest BCUT2D eigenvalue weighted by Gasteiger charge is -2.16. The molecule has 16 heavy (non-hydrogen) atoms. The SMILES string of the molecule is C=COCC1=CC=CN(/C=N\CC)C(=C)C1. The summed E-state index contributed by atoms with van der Waals surface area (Å²) in [7, 11) is 0. The molecule has 1 aliphatic rings. The maximum absolute atomic E-state index is 5.16. The maximum atomic E-state index is 5.16. The van der Waals surface area contributed by atoms with Crippen LogP contribution in [0.3, 0.4) is 0 Å². The number of aliphatic imine (C=N–C) groups is 1. The van der Waals surface area contributed by atoms with Gasteiger partial charge in [-0.1, -0.05) is 19.2 Å². The zero-order valence-electron chi connectivity index (χ0n) is 9.72. The average Bonchev–Trinajstić information content (AvgIpc) is 2.46. The normalized spacial score (nSPS) is 16.2. The van der Waals surface area contributed by atoms with Gasteiger partial charge in [-0.2, -0.15) is 0 Å². The highest BCUT2D eigenvalue weighted by atomic mass is 16.5. The first kappa shape index (κ1) is 12.3. The van der Waals surface area contributed by atoms with E-state index in [1.807, 2.05) is 30.2 Å². The molecular formula is C13H18N2O. The topological polar surface area (TPSA) is 24.8 Å². The molecule has 0 saturated heterocycles. The highest BCUT2D eigenvalue weighted by molar-refractivity contribution is 5.60. The fourth-order valence-corrected chi connectivity index (χ4v) is 1.34. The lowest BCUT2D eigenvalue weighted by molar-refractivity contribution is 0.279. The Morgan fingerprint density at radius 2 is 2.44 bits per heavy atom. The zero-order chi connectivity index (χ0) is 11.8. The van der Waals surface area contributed by atoms with E-state index in [-0.39, 0.29) is 0 Å². The predicted octanol–water partition coefficient (Wildman–Crippen LogP) is 2.85. The standard InChI is InChI=1S/C13H18N2O/c1-4-14-11-15-8-6-7-13(9-12(15)3)10-16-5-2/h5-8,11H,2-4,9-10H2,1H3/b14-11-. The van der Waals surface area contributed by atoms with Crippen LogP contribution in [0.2, 0.25) is 0 Å². The molecule has 3 nitrogen and oxygen atoms in total. The van der Waals surface area contributed by atoms with E-state index in [4.69, 9.17) is 4.74 Å². The van der Waals surface area contributed by atoms with Crippen molar-refractivity contribution in [3.63, 3.8) is 0 Å². The molecule has 0 unspecified atom stereocenters. The Bertz CT molecular complexity index is 340. The van der Waals surface area contributed by atoms with Gasteiger partial charge in [0.25, 0.3) is 0 Å². The number of nitrogens with zero attached hydrogens (tertiary/aromatic N) is 2. The minimum atomic E-state index is 0.561. The Kier molecular flexibility index (Phi) is 5.12. The number of ether oxygens (including phenoxy) is 1. The summed E-state index contributed by atoms with van der Waals surface area (Å²) in [6.07, 6.45) is 9.99. The number of hydrogen-bond acceptors (Lipinski definition) is 2. The molecular weight excluding hydrogens is 200 g/mol. The minimum absolute atomic E-state index is 0.561. The van der Waals surface area contributed by atoms with Crippen LogP contribution < -0.4 is 0 Å². The van der Waals surface area contributed by atoms with Crippen LogP contribution in [0.5, 0.6) is 0 Å². The quantitative estimate of drug-likeness (QED) is 0.402. The van der Waals surface area contributed by atoms with Crippen molar-refractivity contribution < 1.29 is 4.74 Å². The first-order valence-corrected chi connectivity index (χ1v) is 5.32. The summed E-state index contributed by atoms with van der Waals surface area (Å²) in [5.41, 5.74) is 2.17. The Morgan fingerprint density at radius 3 is 3.12 bits per heavy atom. The molecule has 1 rings (SSSR count).